The summed E-state index contributed by atoms with van der Waals surface area (Å²) < 4.78 is 7.92. The first kappa shape index (κ1) is 15.1. The Morgan fingerprint density at radius 1 is 1.45 bits per heavy atom. The molecule has 1 N–H and O–H groups in total. The molecular weight excluding hydrogens is 320 g/mol. The summed E-state index contributed by atoms with van der Waals surface area (Å²) in [5.74, 6) is 0.821. The number of aryl methyl sites for hydroxylation is 2. The summed E-state index contributed by atoms with van der Waals surface area (Å²) in [6.07, 6.45) is 1.99. The first-order valence-electron chi connectivity index (χ1n) is 6.62. The summed E-state index contributed by atoms with van der Waals surface area (Å²) in [4.78, 5) is 0. The maximum absolute atomic E-state index is 10.6. The topological polar surface area (TPSA) is 47.3 Å². The molecule has 0 radical (unpaired) electrons. The molecule has 0 aliphatic heterocycles. The molecule has 4 nitrogen and oxygen atoms in total. The third-order valence-electron chi connectivity index (χ3n) is 3.26. The fourth-order valence-corrected chi connectivity index (χ4v) is 2.78. The maximum atomic E-state index is 10.6. The van der Waals surface area contributed by atoms with Crippen molar-refractivity contribution in [1.29, 1.82) is 0 Å². The highest BCUT2D eigenvalue weighted by atomic mass is 79.9. The highest BCUT2D eigenvalue weighted by Crippen LogP contribution is 2.31. The zero-order valence-corrected chi connectivity index (χ0v) is 13.5. The molecule has 0 saturated heterocycles. The second kappa shape index (κ2) is 6.41. The molecule has 5 heteroatoms. The van der Waals surface area contributed by atoms with Crippen LogP contribution >= 0.6 is 15.9 Å². The van der Waals surface area contributed by atoms with E-state index in [1.807, 2.05) is 29.8 Å². The molecule has 0 aliphatic carbocycles. The van der Waals surface area contributed by atoms with Crippen LogP contribution in [0.4, 0.5) is 0 Å². The normalized spacial score (nSPS) is 12.4. The Labute approximate surface area is 127 Å². The number of rotatable bonds is 5. The summed E-state index contributed by atoms with van der Waals surface area (Å²) in [5, 5.41) is 14.9. The third kappa shape index (κ3) is 2.88. The predicted molar refractivity (Wildman–Crippen MR) is 82.0 cm³/mol. The number of hydrogen-bond acceptors (Lipinski definition) is 3. The van der Waals surface area contributed by atoms with E-state index in [1.54, 1.807) is 13.3 Å². The summed E-state index contributed by atoms with van der Waals surface area (Å²) in [6.45, 7) is 4.84. The smallest absolute Gasteiger partial charge is 0.122 e. The van der Waals surface area contributed by atoms with Gasteiger partial charge in [0, 0.05) is 6.54 Å². The number of aliphatic hydroxyl groups excluding tert-OH is 1. The van der Waals surface area contributed by atoms with Crippen LogP contribution in [-0.4, -0.2) is 22.0 Å². The molecule has 1 aromatic carbocycles. The van der Waals surface area contributed by atoms with E-state index in [-0.39, 0.29) is 0 Å². The quantitative estimate of drug-likeness (QED) is 0.908. The van der Waals surface area contributed by atoms with Crippen LogP contribution in [0.25, 0.3) is 0 Å². The van der Waals surface area contributed by atoms with Gasteiger partial charge < -0.3 is 9.84 Å². The second-order valence-electron chi connectivity index (χ2n) is 4.73. The zero-order chi connectivity index (χ0) is 14.7. The van der Waals surface area contributed by atoms with E-state index in [4.69, 9.17) is 4.74 Å². The van der Waals surface area contributed by atoms with Gasteiger partial charge in [0.15, 0.2) is 0 Å². The van der Waals surface area contributed by atoms with Crippen LogP contribution < -0.4 is 4.74 Å². The van der Waals surface area contributed by atoms with Crippen LogP contribution in [0.5, 0.6) is 5.75 Å². The molecule has 0 aliphatic rings. The van der Waals surface area contributed by atoms with Crippen molar-refractivity contribution in [3.63, 3.8) is 0 Å². The van der Waals surface area contributed by atoms with Gasteiger partial charge in [0.05, 0.1) is 23.5 Å². The molecule has 20 heavy (non-hydrogen) atoms. The Balaban J connectivity index is 2.38. The van der Waals surface area contributed by atoms with Crippen molar-refractivity contribution >= 4 is 15.9 Å². The minimum Gasteiger partial charge on any atom is -0.496 e. The zero-order valence-electron chi connectivity index (χ0n) is 11.9. The molecule has 1 atom stereocenters. The SMILES string of the molecule is CCCn1ncc(Br)c1C(O)c1ccc(OC)c(C)c1. The van der Waals surface area contributed by atoms with Gasteiger partial charge in [-0.05, 0) is 52.5 Å². The Bertz CT molecular complexity index is 596. The van der Waals surface area contributed by atoms with E-state index >= 15 is 0 Å². The molecule has 1 aromatic heterocycles. The summed E-state index contributed by atoms with van der Waals surface area (Å²) in [5.41, 5.74) is 2.62. The highest BCUT2D eigenvalue weighted by Gasteiger charge is 2.20. The summed E-state index contributed by atoms with van der Waals surface area (Å²) in [7, 11) is 1.64. The largest absolute Gasteiger partial charge is 0.496 e. The van der Waals surface area contributed by atoms with Crippen LogP contribution in [0.1, 0.15) is 36.3 Å². The molecule has 0 amide bonds. The number of nitrogens with zero attached hydrogens (tertiary/aromatic N) is 2. The standard InChI is InChI=1S/C15H19BrN2O2/c1-4-7-18-14(12(16)9-17-18)15(19)11-5-6-13(20-3)10(2)8-11/h5-6,8-9,15,19H,4,7H2,1-3H3. The lowest BCUT2D eigenvalue weighted by atomic mass is 10.0. The number of benzene rings is 1. The lowest BCUT2D eigenvalue weighted by Crippen LogP contribution is -2.11. The number of ether oxygens (including phenoxy) is 1. The van der Waals surface area contributed by atoms with Crippen LogP contribution in [0.3, 0.4) is 0 Å². The van der Waals surface area contributed by atoms with Crippen LogP contribution in [0.2, 0.25) is 0 Å². The van der Waals surface area contributed by atoms with Gasteiger partial charge in [0.25, 0.3) is 0 Å². The fraction of sp³-hybridized carbons (Fsp3) is 0.400. The van der Waals surface area contributed by atoms with Gasteiger partial charge in [-0.15, -0.1) is 0 Å². The number of halogens is 1. The molecule has 0 saturated carbocycles. The van der Waals surface area contributed by atoms with Gasteiger partial charge >= 0.3 is 0 Å². The molecule has 1 unspecified atom stereocenters. The lowest BCUT2D eigenvalue weighted by Gasteiger charge is -2.16. The lowest BCUT2D eigenvalue weighted by molar-refractivity contribution is 0.206. The van der Waals surface area contributed by atoms with Gasteiger partial charge in [0.1, 0.15) is 11.9 Å². The number of aromatic nitrogens is 2. The first-order valence-corrected chi connectivity index (χ1v) is 7.41. The van der Waals surface area contributed by atoms with Gasteiger partial charge in [-0.25, -0.2) is 0 Å². The number of hydrogen-bond donors (Lipinski definition) is 1. The summed E-state index contributed by atoms with van der Waals surface area (Å²) >= 11 is 3.46. The molecule has 1 heterocycles. The maximum Gasteiger partial charge on any atom is 0.122 e. The van der Waals surface area contributed by atoms with E-state index in [1.165, 1.54) is 0 Å². The minimum atomic E-state index is -0.706. The van der Waals surface area contributed by atoms with Crippen molar-refractivity contribution in [1.82, 2.24) is 9.78 Å². The molecule has 2 rings (SSSR count). The highest BCUT2D eigenvalue weighted by molar-refractivity contribution is 9.10. The minimum absolute atomic E-state index is 0.706. The average molecular weight is 339 g/mol. The molecule has 0 bridgehead atoms. The van der Waals surface area contributed by atoms with E-state index in [0.29, 0.717) is 0 Å². The fourth-order valence-electron chi connectivity index (χ4n) is 2.26. The second-order valence-corrected chi connectivity index (χ2v) is 5.59. The summed E-state index contributed by atoms with van der Waals surface area (Å²) in [6, 6.07) is 5.70. The number of methoxy groups -OCH3 is 1. The van der Waals surface area contributed by atoms with Crippen molar-refractivity contribution in [3.05, 3.63) is 45.7 Å². The van der Waals surface area contributed by atoms with Crippen molar-refractivity contribution in [2.24, 2.45) is 0 Å². The van der Waals surface area contributed by atoms with Crippen molar-refractivity contribution in [3.8, 4) is 5.75 Å². The van der Waals surface area contributed by atoms with Crippen LogP contribution in [0, 0.1) is 6.92 Å². The molecule has 108 valence electrons. The average Bonchev–Trinajstić information content (AvgIpc) is 2.79. The Morgan fingerprint density at radius 2 is 2.20 bits per heavy atom. The Morgan fingerprint density at radius 3 is 2.80 bits per heavy atom. The Hall–Kier alpha value is -1.33. The van der Waals surface area contributed by atoms with E-state index < -0.39 is 6.10 Å². The molecule has 2 aromatic rings. The molecule has 0 spiro atoms. The van der Waals surface area contributed by atoms with Crippen molar-refractivity contribution in [2.45, 2.75) is 32.9 Å². The van der Waals surface area contributed by atoms with E-state index in [9.17, 15) is 5.11 Å². The predicted octanol–water partition coefficient (Wildman–Crippen LogP) is 3.45. The Kier molecular flexibility index (Phi) is 4.83. The monoisotopic (exact) mass is 338 g/mol. The van der Waals surface area contributed by atoms with E-state index in [0.717, 1.165) is 40.0 Å². The van der Waals surface area contributed by atoms with Crippen molar-refractivity contribution in [2.75, 3.05) is 7.11 Å². The van der Waals surface area contributed by atoms with Crippen LogP contribution in [0.15, 0.2) is 28.9 Å². The van der Waals surface area contributed by atoms with Gasteiger partial charge in [0.2, 0.25) is 0 Å². The first-order chi connectivity index (χ1) is 9.58. The van der Waals surface area contributed by atoms with Gasteiger partial charge in [-0.3, -0.25) is 4.68 Å². The van der Waals surface area contributed by atoms with E-state index in [2.05, 4.69) is 28.0 Å². The number of aliphatic hydroxyl groups is 1. The van der Waals surface area contributed by atoms with Gasteiger partial charge in [-0.2, -0.15) is 5.10 Å². The molecular formula is C15H19BrN2O2. The van der Waals surface area contributed by atoms with Gasteiger partial charge in [-0.1, -0.05) is 13.0 Å². The third-order valence-corrected chi connectivity index (χ3v) is 3.87. The molecule has 0 fully saturated rings. The van der Waals surface area contributed by atoms with Crippen molar-refractivity contribution < 1.29 is 9.84 Å². The van der Waals surface area contributed by atoms with Crippen LogP contribution in [-0.2, 0) is 6.54 Å².